The largest absolute Gasteiger partial charge is 0.407 e. The molecule has 0 fully saturated rings. The van der Waals surface area contributed by atoms with Crippen LogP contribution in [0.2, 0.25) is 0 Å². The van der Waals surface area contributed by atoms with E-state index in [1.54, 1.807) is 17.8 Å². The van der Waals surface area contributed by atoms with Crippen LogP contribution in [0.1, 0.15) is 21.8 Å². The lowest BCUT2D eigenvalue weighted by molar-refractivity contribution is 0.102. The molecule has 1 heterocycles. The van der Waals surface area contributed by atoms with Gasteiger partial charge < -0.3 is 4.42 Å². The third-order valence-corrected chi connectivity index (χ3v) is 4.06. The van der Waals surface area contributed by atoms with E-state index < -0.39 is 11.7 Å². The van der Waals surface area contributed by atoms with Crippen LogP contribution in [0.5, 0.6) is 0 Å². The fraction of sp³-hybridized carbons (Fsp3) is 0.118. The van der Waals surface area contributed by atoms with Crippen molar-refractivity contribution in [2.45, 2.75) is 11.3 Å². The van der Waals surface area contributed by atoms with E-state index >= 15 is 0 Å². The summed E-state index contributed by atoms with van der Waals surface area (Å²) in [7, 11) is 0. The molecule has 1 aromatic heterocycles. The quantitative estimate of drug-likeness (QED) is 0.714. The van der Waals surface area contributed by atoms with Crippen LogP contribution >= 0.6 is 11.8 Å². The number of hydrogen-bond donors (Lipinski definition) is 1. The normalized spacial score (nSPS) is 10.6. The lowest BCUT2D eigenvalue weighted by Crippen LogP contribution is -2.13. The summed E-state index contributed by atoms with van der Waals surface area (Å²) in [6.07, 6.45) is 2.47. The van der Waals surface area contributed by atoms with Gasteiger partial charge in [0.15, 0.2) is 0 Å². The highest BCUT2D eigenvalue weighted by molar-refractivity contribution is 7.98. The second-order valence-electron chi connectivity index (χ2n) is 4.96. The van der Waals surface area contributed by atoms with Crippen molar-refractivity contribution in [3.63, 3.8) is 0 Å². The van der Waals surface area contributed by atoms with E-state index in [0.29, 0.717) is 12.3 Å². The molecule has 0 aliphatic heterocycles. The summed E-state index contributed by atoms with van der Waals surface area (Å²) in [6.45, 7) is 0. The lowest BCUT2D eigenvalue weighted by atomic mass is 10.1. The number of rotatable bonds is 5. The van der Waals surface area contributed by atoms with Crippen molar-refractivity contribution in [3.05, 3.63) is 71.4 Å². The van der Waals surface area contributed by atoms with Crippen LogP contribution in [0, 0.1) is 5.82 Å². The summed E-state index contributed by atoms with van der Waals surface area (Å²) in [5.74, 6) is -0.869. The van der Waals surface area contributed by atoms with Gasteiger partial charge in [-0.2, -0.15) is 0 Å². The maximum Gasteiger partial charge on any atom is 0.322 e. The molecular weight excluding hydrogens is 329 g/mol. The molecule has 24 heavy (non-hydrogen) atoms. The van der Waals surface area contributed by atoms with Crippen LogP contribution in [0.3, 0.4) is 0 Å². The first-order valence-electron chi connectivity index (χ1n) is 7.17. The maximum atomic E-state index is 13.6. The standard InChI is InChI=1S/C17H14FN3O2S/c1-24-12-8-6-11(7-9-12)10-15-20-21-17(23-15)19-16(22)13-4-2-3-5-14(13)18/h2-9H,10H2,1H3,(H,19,21,22). The van der Waals surface area contributed by atoms with Crippen molar-refractivity contribution in [2.75, 3.05) is 11.6 Å². The van der Waals surface area contributed by atoms with Crippen molar-refractivity contribution in [1.82, 2.24) is 10.2 Å². The zero-order valence-corrected chi connectivity index (χ0v) is 13.6. The molecule has 0 saturated heterocycles. The van der Waals surface area contributed by atoms with Crippen molar-refractivity contribution < 1.29 is 13.6 Å². The number of nitrogens with one attached hydrogen (secondary N) is 1. The summed E-state index contributed by atoms with van der Waals surface area (Å²) in [6, 6.07) is 13.6. The number of nitrogens with zero attached hydrogens (tertiary/aromatic N) is 2. The molecule has 0 aliphatic carbocycles. The van der Waals surface area contributed by atoms with Gasteiger partial charge in [-0.3, -0.25) is 10.1 Å². The van der Waals surface area contributed by atoms with Gasteiger partial charge in [0, 0.05) is 4.90 Å². The van der Waals surface area contributed by atoms with Crippen molar-refractivity contribution in [2.24, 2.45) is 0 Å². The van der Waals surface area contributed by atoms with E-state index in [1.807, 2.05) is 30.5 Å². The van der Waals surface area contributed by atoms with Crippen LogP contribution in [0.15, 0.2) is 57.8 Å². The third kappa shape index (κ3) is 3.80. The fourth-order valence-electron chi connectivity index (χ4n) is 2.10. The predicted molar refractivity (Wildman–Crippen MR) is 89.7 cm³/mol. The van der Waals surface area contributed by atoms with E-state index in [-0.39, 0.29) is 11.6 Å². The third-order valence-electron chi connectivity index (χ3n) is 3.32. The van der Waals surface area contributed by atoms with Crippen LogP contribution in [0.4, 0.5) is 10.4 Å². The first-order valence-corrected chi connectivity index (χ1v) is 8.39. The molecule has 0 atom stereocenters. The lowest BCUT2D eigenvalue weighted by Gasteiger charge is -2.01. The summed E-state index contributed by atoms with van der Waals surface area (Å²) in [5, 5.41) is 10.1. The Morgan fingerprint density at radius 1 is 1.17 bits per heavy atom. The van der Waals surface area contributed by atoms with Crippen LogP contribution in [0.25, 0.3) is 0 Å². The minimum absolute atomic E-state index is 0.0565. The number of benzene rings is 2. The highest BCUT2D eigenvalue weighted by Crippen LogP contribution is 2.17. The molecule has 1 N–H and O–H groups in total. The number of anilines is 1. The van der Waals surface area contributed by atoms with Gasteiger partial charge in [-0.25, -0.2) is 4.39 Å². The number of thioether (sulfide) groups is 1. The minimum Gasteiger partial charge on any atom is -0.407 e. The van der Waals surface area contributed by atoms with Crippen LogP contribution < -0.4 is 5.32 Å². The molecule has 0 unspecified atom stereocenters. The predicted octanol–water partition coefficient (Wildman–Crippen LogP) is 3.77. The van der Waals surface area contributed by atoms with Gasteiger partial charge in [0.2, 0.25) is 5.89 Å². The number of aromatic nitrogens is 2. The number of carbonyl (C=O) groups excluding carboxylic acids is 1. The molecule has 0 spiro atoms. The second kappa shape index (κ2) is 7.27. The maximum absolute atomic E-state index is 13.6. The highest BCUT2D eigenvalue weighted by Gasteiger charge is 2.14. The Morgan fingerprint density at radius 2 is 1.92 bits per heavy atom. The number of amides is 1. The van der Waals surface area contributed by atoms with Gasteiger partial charge in [-0.15, -0.1) is 16.9 Å². The molecule has 0 radical (unpaired) electrons. The topological polar surface area (TPSA) is 68.0 Å². The summed E-state index contributed by atoms with van der Waals surface area (Å²) < 4.78 is 19.0. The van der Waals surface area contributed by atoms with E-state index in [4.69, 9.17) is 4.42 Å². The van der Waals surface area contributed by atoms with Gasteiger partial charge in [-0.1, -0.05) is 29.4 Å². The number of carbonyl (C=O) groups is 1. The Morgan fingerprint density at radius 3 is 2.62 bits per heavy atom. The molecule has 0 saturated carbocycles. The monoisotopic (exact) mass is 343 g/mol. The van der Waals surface area contributed by atoms with E-state index in [9.17, 15) is 9.18 Å². The molecule has 7 heteroatoms. The molecule has 122 valence electrons. The van der Waals surface area contributed by atoms with Crippen LogP contribution in [-0.4, -0.2) is 22.4 Å². The number of halogens is 1. The van der Waals surface area contributed by atoms with Crippen molar-refractivity contribution in [3.8, 4) is 0 Å². The Labute approximate surface area is 142 Å². The van der Waals surface area contributed by atoms with Gasteiger partial charge in [0.1, 0.15) is 5.82 Å². The zero-order chi connectivity index (χ0) is 16.9. The highest BCUT2D eigenvalue weighted by atomic mass is 32.2. The summed E-state index contributed by atoms with van der Waals surface area (Å²) in [5.41, 5.74) is 0.938. The Balaban J connectivity index is 1.67. The molecule has 3 aromatic rings. The van der Waals surface area contributed by atoms with Gasteiger partial charge in [-0.05, 0) is 36.1 Å². The summed E-state index contributed by atoms with van der Waals surface area (Å²) in [4.78, 5) is 13.2. The SMILES string of the molecule is CSc1ccc(Cc2nnc(NC(=O)c3ccccc3F)o2)cc1. The molecule has 0 aliphatic rings. The Kier molecular flexibility index (Phi) is 4.90. The van der Waals surface area contributed by atoms with E-state index in [1.165, 1.54) is 23.1 Å². The fourth-order valence-corrected chi connectivity index (χ4v) is 2.51. The molecule has 0 bridgehead atoms. The van der Waals surface area contributed by atoms with Crippen molar-refractivity contribution in [1.29, 1.82) is 0 Å². The van der Waals surface area contributed by atoms with Gasteiger partial charge >= 0.3 is 6.01 Å². The van der Waals surface area contributed by atoms with Crippen molar-refractivity contribution >= 4 is 23.7 Å². The Hall–Kier alpha value is -2.67. The second-order valence-corrected chi connectivity index (χ2v) is 5.84. The summed E-state index contributed by atoms with van der Waals surface area (Å²) >= 11 is 1.66. The molecule has 1 amide bonds. The molecular formula is C17H14FN3O2S. The zero-order valence-electron chi connectivity index (χ0n) is 12.8. The van der Waals surface area contributed by atoms with Gasteiger partial charge in [0.25, 0.3) is 5.91 Å². The first-order chi connectivity index (χ1) is 11.7. The van der Waals surface area contributed by atoms with E-state index in [0.717, 1.165) is 5.56 Å². The smallest absolute Gasteiger partial charge is 0.322 e. The molecule has 3 rings (SSSR count). The van der Waals surface area contributed by atoms with Gasteiger partial charge in [0.05, 0.1) is 12.0 Å². The average molecular weight is 343 g/mol. The molecule has 5 nitrogen and oxygen atoms in total. The first kappa shape index (κ1) is 16.2. The van der Waals surface area contributed by atoms with E-state index in [2.05, 4.69) is 15.5 Å². The Bertz CT molecular complexity index is 849. The van der Waals surface area contributed by atoms with Crippen LogP contribution in [-0.2, 0) is 6.42 Å². The minimum atomic E-state index is -0.632. The molecule has 2 aromatic carbocycles. The number of hydrogen-bond acceptors (Lipinski definition) is 5. The average Bonchev–Trinajstić information content (AvgIpc) is 3.02.